The van der Waals surface area contributed by atoms with E-state index in [2.05, 4.69) is 60.1 Å². The molecule has 1 amide bonds. The van der Waals surface area contributed by atoms with E-state index in [1.165, 1.54) is 11.1 Å². The second kappa shape index (κ2) is 8.78. The Morgan fingerprint density at radius 2 is 1.76 bits per heavy atom. The fourth-order valence-electron chi connectivity index (χ4n) is 3.25. The van der Waals surface area contributed by atoms with Gasteiger partial charge in [0.1, 0.15) is 5.75 Å². The first-order valence-corrected chi connectivity index (χ1v) is 9.63. The fraction of sp³-hybridized carbons (Fsp3) is 0.250. The summed E-state index contributed by atoms with van der Waals surface area (Å²) in [5.74, 6) is 0.399. The summed E-state index contributed by atoms with van der Waals surface area (Å²) in [6, 6.07) is 16.1. The van der Waals surface area contributed by atoms with Gasteiger partial charge in [-0.25, -0.2) is 5.43 Å². The highest BCUT2D eigenvalue weighted by Gasteiger charge is 2.10. The van der Waals surface area contributed by atoms with Crippen LogP contribution in [0.5, 0.6) is 5.75 Å². The van der Waals surface area contributed by atoms with Crippen LogP contribution in [0.2, 0.25) is 0 Å². The van der Waals surface area contributed by atoms with Gasteiger partial charge in [0.05, 0.1) is 6.21 Å². The fourth-order valence-corrected chi connectivity index (χ4v) is 3.25. The van der Waals surface area contributed by atoms with Crippen molar-refractivity contribution >= 4 is 12.1 Å². The van der Waals surface area contributed by atoms with Crippen molar-refractivity contribution in [1.29, 1.82) is 0 Å². The second-order valence-corrected chi connectivity index (χ2v) is 7.28. The van der Waals surface area contributed by atoms with Crippen molar-refractivity contribution in [3.63, 3.8) is 0 Å². The number of aryl methyl sites for hydroxylation is 4. The summed E-state index contributed by atoms with van der Waals surface area (Å²) in [5.41, 5.74) is 10.3. The third kappa shape index (κ3) is 4.74. The molecule has 3 aromatic rings. The minimum atomic E-state index is -0.299. The van der Waals surface area contributed by atoms with Crippen LogP contribution in [0.4, 0.5) is 0 Å². The topological polar surface area (TPSA) is 55.6 Å². The third-order valence-corrected chi connectivity index (χ3v) is 5.06. The quantitative estimate of drug-likeness (QED) is 0.497. The second-order valence-electron chi connectivity index (χ2n) is 7.28. The maximum absolute atomic E-state index is 12.0. The molecule has 29 heavy (non-hydrogen) atoms. The van der Waals surface area contributed by atoms with Gasteiger partial charge in [-0.3, -0.25) is 4.79 Å². The predicted molar refractivity (Wildman–Crippen MR) is 117 cm³/mol. The number of rotatable bonds is 6. The maximum Gasteiger partial charge on any atom is 0.277 e. The van der Waals surface area contributed by atoms with Gasteiger partial charge in [-0.1, -0.05) is 24.3 Å². The molecule has 0 saturated carbocycles. The van der Waals surface area contributed by atoms with Crippen LogP contribution in [-0.2, 0) is 4.79 Å². The van der Waals surface area contributed by atoms with Crippen molar-refractivity contribution in [2.24, 2.45) is 5.10 Å². The van der Waals surface area contributed by atoms with Crippen molar-refractivity contribution in [3.8, 4) is 11.4 Å². The van der Waals surface area contributed by atoms with Crippen LogP contribution in [0.1, 0.15) is 33.6 Å². The van der Waals surface area contributed by atoms with Crippen molar-refractivity contribution in [1.82, 2.24) is 9.99 Å². The Morgan fingerprint density at radius 1 is 1.00 bits per heavy atom. The molecule has 1 aromatic heterocycles. The summed E-state index contributed by atoms with van der Waals surface area (Å²) in [6.45, 7) is 10.2. The number of nitrogens with one attached hydrogen (secondary N) is 1. The molecule has 0 bridgehead atoms. The molecule has 5 heteroatoms. The van der Waals surface area contributed by atoms with Crippen LogP contribution >= 0.6 is 0 Å². The summed E-state index contributed by atoms with van der Waals surface area (Å²) in [6.07, 6.45) is 1.67. The Kier molecular flexibility index (Phi) is 6.17. The standard InChI is InChI=1S/C24H27N3O2/c1-16-10-11-22(12-18(16)3)27-19(4)13-21(20(27)5)14-25-26-24(28)15-29-23-9-7-6-8-17(23)2/h6-14H,15H2,1-5H3,(H,26,28)/b25-14-. The molecule has 0 radical (unpaired) electrons. The van der Waals surface area contributed by atoms with Gasteiger partial charge in [-0.05, 0) is 75.6 Å². The Morgan fingerprint density at radius 3 is 2.48 bits per heavy atom. The molecule has 0 aliphatic rings. The zero-order valence-corrected chi connectivity index (χ0v) is 17.6. The number of carbonyl (C=O) groups is 1. The summed E-state index contributed by atoms with van der Waals surface area (Å²) in [5, 5.41) is 4.10. The number of carbonyl (C=O) groups excluding carboxylic acids is 1. The smallest absolute Gasteiger partial charge is 0.277 e. The van der Waals surface area contributed by atoms with E-state index in [1.54, 1.807) is 6.21 Å². The first kappa shape index (κ1) is 20.4. The summed E-state index contributed by atoms with van der Waals surface area (Å²) >= 11 is 0. The van der Waals surface area contributed by atoms with Gasteiger partial charge in [0.25, 0.3) is 5.91 Å². The molecule has 3 rings (SSSR count). The minimum absolute atomic E-state index is 0.0795. The number of benzene rings is 2. The largest absolute Gasteiger partial charge is 0.483 e. The van der Waals surface area contributed by atoms with E-state index in [9.17, 15) is 4.79 Å². The first-order chi connectivity index (χ1) is 13.9. The molecule has 5 nitrogen and oxygen atoms in total. The van der Waals surface area contributed by atoms with Crippen LogP contribution in [0.25, 0.3) is 5.69 Å². The van der Waals surface area contributed by atoms with E-state index in [0.717, 1.165) is 28.2 Å². The normalized spacial score (nSPS) is 11.1. The van der Waals surface area contributed by atoms with E-state index in [1.807, 2.05) is 38.1 Å². The summed E-state index contributed by atoms with van der Waals surface area (Å²) in [7, 11) is 0. The number of hydrogen-bond donors (Lipinski definition) is 1. The summed E-state index contributed by atoms with van der Waals surface area (Å²) in [4.78, 5) is 12.0. The molecule has 0 unspecified atom stereocenters. The van der Waals surface area contributed by atoms with E-state index >= 15 is 0 Å². The lowest BCUT2D eigenvalue weighted by atomic mass is 10.1. The predicted octanol–water partition coefficient (Wildman–Crippen LogP) is 4.55. The maximum atomic E-state index is 12.0. The molecule has 0 fully saturated rings. The molecule has 150 valence electrons. The highest BCUT2D eigenvalue weighted by molar-refractivity contribution is 5.84. The number of ether oxygens (including phenoxy) is 1. The van der Waals surface area contributed by atoms with Crippen molar-refractivity contribution in [2.75, 3.05) is 6.61 Å². The monoisotopic (exact) mass is 389 g/mol. The Balaban J connectivity index is 1.66. The van der Waals surface area contributed by atoms with Gasteiger partial charge in [-0.15, -0.1) is 0 Å². The molecular formula is C24H27N3O2. The first-order valence-electron chi connectivity index (χ1n) is 9.63. The van der Waals surface area contributed by atoms with E-state index in [4.69, 9.17) is 4.74 Å². The van der Waals surface area contributed by atoms with Gasteiger partial charge in [0, 0.05) is 22.6 Å². The van der Waals surface area contributed by atoms with Gasteiger partial charge in [-0.2, -0.15) is 5.10 Å². The lowest BCUT2D eigenvalue weighted by Gasteiger charge is -2.11. The van der Waals surface area contributed by atoms with Gasteiger partial charge in [0.15, 0.2) is 6.61 Å². The molecule has 0 spiro atoms. The molecule has 0 atom stereocenters. The molecular weight excluding hydrogens is 362 g/mol. The molecule has 2 aromatic carbocycles. The lowest BCUT2D eigenvalue weighted by Crippen LogP contribution is -2.24. The average Bonchev–Trinajstić information content (AvgIpc) is 2.97. The van der Waals surface area contributed by atoms with E-state index < -0.39 is 0 Å². The number of hydrazone groups is 1. The van der Waals surface area contributed by atoms with Crippen molar-refractivity contribution in [2.45, 2.75) is 34.6 Å². The highest BCUT2D eigenvalue weighted by Crippen LogP contribution is 2.22. The zero-order chi connectivity index (χ0) is 21.0. The minimum Gasteiger partial charge on any atom is -0.483 e. The highest BCUT2D eigenvalue weighted by atomic mass is 16.5. The van der Waals surface area contributed by atoms with Gasteiger partial charge < -0.3 is 9.30 Å². The van der Waals surface area contributed by atoms with E-state index in [-0.39, 0.29) is 12.5 Å². The van der Waals surface area contributed by atoms with E-state index in [0.29, 0.717) is 5.75 Å². The Hall–Kier alpha value is -3.34. The Bertz CT molecular complexity index is 1060. The van der Waals surface area contributed by atoms with Crippen LogP contribution in [0.3, 0.4) is 0 Å². The lowest BCUT2D eigenvalue weighted by molar-refractivity contribution is -0.123. The molecule has 0 saturated heterocycles. The number of nitrogens with zero attached hydrogens (tertiary/aromatic N) is 2. The molecule has 1 heterocycles. The molecule has 1 N–H and O–H groups in total. The number of aromatic nitrogens is 1. The SMILES string of the molecule is Cc1ccc(-n2c(C)cc(/C=N\NC(=O)COc3ccccc3C)c2C)cc1C. The number of hydrogen-bond acceptors (Lipinski definition) is 3. The zero-order valence-electron chi connectivity index (χ0n) is 17.6. The third-order valence-electron chi connectivity index (χ3n) is 5.06. The molecule has 0 aliphatic heterocycles. The van der Waals surface area contributed by atoms with Crippen molar-refractivity contribution in [3.05, 3.63) is 82.2 Å². The summed E-state index contributed by atoms with van der Waals surface area (Å²) < 4.78 is 7.73. The number of amides is 1. The van der Waals surface area contributed by atoms with Crippen LogP contribution < -0.4 is 10.2 Å². The average molecular weight is 389 g/mol. The van der Waals surface area contributed by atoms with Gasteiger partial charge in [0.2, 0.25) is 0 Å². The van der Waals surface area contributed by atoms with Gasteiger partial charge >= 0.3 is 0 Å². The molecule has 0 aliphatic carbocycles. The number of para-hydroxylation sites is 1. The van der Waals surface area contributed by atoms with Crippen LogP contribution in [-0.4, -0.2) is 23.3 Å². The van der Waals surface area contributed by atoms with Crippen LogP contribution in [0, 0.1) is 34.6 Å². The van der Waals surface area contributed by atoms with Crippen LogP contribution in [0.15, 0.2) is 53.6 Å². The Labute approximate surface area is 172 Å². The van der Waals surface area contributed by atoms with Crippen molar-refractivity contribution < 1.29 is 9.53 Å².